The Bertz CT molecular complexity index is 8990. The second-order valence-electron chi connectivity index (χ2n) is 35.7. The van der Waals surface area contributed by atoms with E-state index >= 15 is 0 Å². The van der Waals surface area contributed by atoms with Crippen molar-refractivity contribution in [3.05, 3.63) is 485 Å². The van der Waals surface area contributed by atoms with Crippen molar-refractivity contribution in [1.29, 1.82) is 0 Å². The molecule has 0 saturated carbocycles. The Morgan fingerprint density at radius 2 is 0.257 bits per heavy atom. The maximum atomic E-state index is 7.01. The molecule has 4 heteroatoms. The van der Waals surface area contributed by atoms with Crippen molar-refractivity contribution < 1.29 is 17.7 Å². The summed E-state index contributed by atoms with van der Waals surface area (Å²) in [7, 11) is 0. The van der Waals surface area contributed by atoms with Crippen LogP contribution in [0.4, 0.5) is 0 Å². The predicted molar refractivity (Wildman–Crippen MR) is 572 cm³/mol. The Kier molecular flexibility index (Phi) is 18.3. The molecular weight excluding hydrogens is 1650 g/mol. The van der Waals surface area contributed by atoms with E-state index in [9.17, 15) is 0 Å². The molecule has 136 heavy (non-hydrogen) atoms. The molecule has 0 unspecified atom stereocenters. The van der Waals surface area contributed by atoms with E-state index < -0.39 is 0 Å². The van der Waals surface area contributed by atoms with Gasteiger partial charge in [0.2, 0.25) is 0 Å². The maximum Gasteiger partial charge on any atom is 0.143 e. The van der Waals surface area contributed by atoms with E-state index in [0.717, 1.165) is 177 Å². The summed E-state index contributed by atoms with van der Waals surface area (Å²) in [6.07, 6.45) is 0. The third kappa shape index (κ3) is 12.7. The van der Waals surface area contributed by atoms with Crippen molar-refractivity contribution in [2.45, 2.75) is 0 Å². The third-order valence-electron chi connectivity index (χ3n) is 28.2. The number of furan rings is 4. The number of para-hydroxylation sites is 6. The zero-order chi connectivity index (χ0) is 89.4. The van der Waals surface area contributed by atoms with Crippen LogP contribution in [-0.2, 0) is 0 Å². The first-order chi connectivity index (χ1) is 67.5. The average Bonchev–Trinajstić information content (AvgIpc) is 1.34. The minimum absolute atomic E-state index is 0.908. The van der Waals surface area contributed by atoms with Gasteiger partial charge in [0.1, 0.15) is 44.7 Å². The normalized spacial score (nSPS) is 11.8. The molecule has 0 spiro atoms. The topological polar surface area (TPSA) is 52.6 Å². The monoisotopic (exact) mass is 1730 g/mol. The molecule has 4 heterocycles. The van der Waals surface area contributed by atoms with E-state index in [1.54, 1.807) is 0 Å². The summed E-state index contributed by atoms with van der Waals surface area (Å²) in [4.78, 5) is 0. The van der Waals surface area contributed by atoms with Crippen LogP contribution in [0.1, 0.15) is 0 Å². The van der Waals surface area contributed by atoms with E-state index in [-0.39, 0.29) is 0 Å². The molecule has 632 valence electrons. The molecule has 0 aliphatic carbocycles. The molecule has 0 aliphatic rings. The summed E-state index contributed by atoms with van der Waals surface area (Å²) >= 11 is 0. The van der Waals surface area contributed by atoms with Crippen molar-refractivity contribution in [2.24, 2.45) is 0 Å². The van der Waals surface area contributed by atoms with E-state index in [4.69, 9.17) is 17.7 Å². The summed E-state index contributed by atoms with van der Waals surface area (Å²) in [6.45, 7) is 0. The molecular formula is C132H80O4. The van der Waals surface area contributed by atoms with Crippen LogP contribution in [-0.4, -0.2) is 0 Å². The van der Waals surface area contributed by atoms with Gasteiger partial charge in [-0.25, -0.2) is 0 Å². The van der Waals surface area contributed by atoms with Gasteiger partial charge in [-0.2, -0.15) is 0 Å². The van der Waals surface area contributed by atoms with E-state index in [0.29, 0.717) is 0 Å². The molecule has 4 aromatic heterocycles. The summed E-state index contributed by atoms with van der Waals surface area (Å²) in [5, 5.41) is 23.5. The van der Waals surface area contributed by atoms with Crippen molar-refractivity contribution >= 4 is 152 Å². The van der Waals surface area contributed by atoms with Crippen LogP contribution in [0.5, 0.6) is 0 Å². The van der Waals surface area contributed by atoms with Crippen molar-refractivity contribution in [3.63, 3.8) is 0 Å². The summed E-state index contributed by atoms with van der Waals surface area (Å²) in [5.74, 6) is 0. The minimum atomic E-state index is 0.908. The highest BCUT2D eigenvalue weighted by Gasteiger charge is 2.27. The smallest absolute Gasteiger partial charge is 0.143 e. The second kappa shape index (κ2) is 32.0. The number of benzene rings is 24. The molecule has 28 aromatic rings. The Morgan fingerprint density at radius 1 is 0.0956 bits per heavy atom. The SMILES string of the molecule is c1ccc(-c2cccc3c2oc2c(-c4ccc(-c5c6ccccc6c(-c6ccc(-c7c8ccccc8cc8c7oc7c(-c9ccccc9)cccc78)cc6)c6ccccc56)cc4)c4ccccc4cc23)cc1.c1ccc(-c2cccc3c2oc2c(-c4ccc(-c5c6ccccc6c(-c6ccc(-c7cccc8c7oc7c(-c9ccccc9)cccc78)cc6)c6ccccc56)cc4)cccc23)cc1. The average molecular weight is 1730 g/mol. The predicted octanol–water partition coefficient (Wildman–Crippen LogP) is 37.9. The van der Waals surface area contributed by atoms with Gasteiger partial charge >= 0.3 is 0 Å². The zero-order valence-corrected chi connectivity index (χ0v) is 73.8. The van der Waals surface area contributed by atoms with Crippen LogP contribution in [0, 0.1) is 0 Å². The van der Waals surface area contributed by atoms with Crippen molar-refractivity contribution in [1.82, 2.24) is 0 Å². The van der Waals surface area contributed by atoms with Crippen LogP contribution in [0.3, 0.4) is 0 Å². The molecule has 24 aromatic carbocycles. The lowest BCUT2D eigenvalue weighted by Gasteiger charge is -2.18. The number of hydrogen-bond donors (Lipinski definition) is 0. The Morgan fingerprint density at radius 3 is 0.485 bits per heavy atom. The molecule has 0 amide bonds. The highest BCUT2D eigenvalue weighted by atomic mass is 16.3. The Labute approximate surface area is 783 Å². The summed E-state index contributed by atoms with van der Waals surface area (Å²) in [6, 6.07) is 175. The van der Waals surface area contributed by atoms with Gasteiger partial charge in [-0.1, -0.05) is 473 Å². The molecule has 0 atom stereocenters. The van der Waals surface area contributed by atoms with Crippen LogP contribution in [0.25, 0.3) is 286 Å². The van der Waals surface area contributed by atoms with Gasteiger partial charge in [0.15, 0.2) is 0 Å². The van der Waals surface area contributed by atoms with Gasteiger partial charge in [0.05, 0.1) is 0 Å². The highest BCUT2D eigenvalue weighted by molar-refractivity contribution is 6.27. The van der Waals surface area contributed by atoms with Gasteiger partial charge in [-0.15, -0.1) is 0 Å². The van der Waals surface area contributed by atoms with Crippen molar-refractivity contribution in [3.8, 4) is 134 Å². The van der Waals surface area contributed by atoms with Crippen LogP contribution in [0.15, 0.2) is 503 Å². The van der Waals surface area contributed by atoms with Gasteiger partial charge in [0.25, 0.3) is 0 Å². The maximum absolute atomic E-state index is 7.01. The van der Waals surface area contributed by atoms with E-state index in [1.165, 1.54) is 109 Å². The molecule has 28 rings (SSSR count). The highest BCUT2D eigenvalue weighted by Crippen LogP contribution is 2.53. The molecule has 0 fully saturated rings. The summed E-state index contributed by atoms with van der Waals surface area (Å²) in [5.41, 5.74) is 34.8. The summed E-state index contributed by atoms with van der Waals surface area (Å²) < 4.78 is 27.6. The first-order valence-corrected chi connectivity index (χ1v) is 46.6. The largest absolute Gasteiger partial charge is 0.455 e. The first-order valence-electron chi connectivity index (χ1n) is 46.6. The van der Waals surface area contributed by atoms with Crippen LogP contribution < -0.4 is 0 Å². The van der Waals surface area contributed by atoms with E-state index in [1.807, 2.05) is 0 Å². The lowest BCUT2D eigenvalue weighted by Crippen LogP contribution is -1.91. The van der Waals surface area contributed by atoms with E-state index in [2.05, 4.69) is 485 Å². The number of hydrogen-bond acceptors (Lipinski definition) is 4. The Balaban J connectivity index is 0.000000139. The standard InChI is InChI=1S/C70H42O2.C62H38O2/c1-3-17-43(18-4-1)53-29-15-31-59-61-41-49-21-7-9-23-51(49)65(69(61)71-67(53)59)47-37-33-45(34-38-47)63-55-25-11-13-27-57(55)64(58-28-14-12-26-56(58)63)46-35-39-48(40-36-46)66-52-24-10-8-22-50(52)42-62-60-32-16-30-54(68(60)72-70(62)66)44-19-5-2-6-20-44;1-3-15-39(16-4-1)45-23-11-27-53-55-29-13-25-47(61(55)63-59(45)53)41-31-35-43(36-32-41)57-49-19-7-9-21-51(49)58(52-22-10-8-20-50(52)57)44-37-33-42(34-38-44)48-26-14-30-56-54-28-12-24-46(60(54)64-62(48)56)40-17-5-2-6-18-40/h1-42H;1-38H. The Hall–Kier alpha value is -18.0. The fourth-order valence-electron chi connectivity index (χ4n) is 22.0. The molecule has 0 radical (unpaired) electrons. The first kappa shape index (κ1) is 77.9. The quantitative estimate of drug-likeness (QED) is 0.114. The molecule has 0 saturated heterocycles. The molecule has 0 bridgehead atoms. The third-order valence-corrected chi connectivity index (χ3v) is 28.2. The van der Waals surface area contributed by atoms with Gasteiger partial charge < -0.3 is 17.7 Å². The molecule has 4 nitrogen and oxygen atoms in total. The number of fused-ring (bicyclic) bond motifs is 18. The van der Waals surface area contributed by atoms with Crippen molar-refractivity contribution in [2.75, 3.05) is 0 Å². The fourth-order valence-corrected chi connectivity index (χ4v) is 22.0. The molecule has 0 aliphatic heterocycles. The number of rotatable bonds is 12. The van der Waals surface area contributed by atoms with Crippen LogP contribution >= 0.6 is 0 Å². The zero-order valence-electron chi connectivity index (χ0n) is 73.8. The minimum Gasteiger partial charge on any atom is -0.455 e. The molecule has 0 N–H and O–H groups in total. The van der Waals surface area contributed by atoms with Crippen LogP contribution in [0.2, 0.25) is 0 Å². The lowest BCUT2D eigenvalue weighted by molar-refractivity contribution is 0.670. The fraction of sp³-hybridized carbons (Fsp3) is 0. The van der Waals surface area contributed by atoms with Gasteiger partial charge in [-0.3, -0.25) is 0 Å². The van der Waals surface area contributed by atoms with Gasteiger partial charge in [0, 0.05) is 87.6 Å². The second-order valence-corrected chi connectivity index (χ2v) is 35.7. The van der Waals surface area contributed by atoms with Gasteiger partial charge in [-0.05, 0) is 166 Å². The lowest BCUT2D eigenvalue weighted by atomic mass is 9.85.